The molecule has 2 atom stereocenters. The lowest BCUT2D eigenvalue weighted by atomic mass is 9.74. The molecule has 3 rings (SSSR count). The fraction of sp³-hybridized carbons (Fsp3) is 0.300. The van der Waals surface area contributed by atoms with Crippen molar-refractivity contribution < 1.29 is 0 Å². The Morgan fingerprint density at radius 1 is 1.20 bits per heavy atom. The fourth-order valence-corrected chi connectivity index (χ4v) is 3.60. The average Bonchev–Trinajstić information content (AvgIpc) is 2.59. The van der Waals surface area contributed by atoms with Gasteiger partial charge in [-0.2, -0.15) is 0 Å². The zero-order valence-corrected chi connectivity index (χ0v) is 12.6. The van der Waals surface area contributed by atoms with Crippen LogP contribution in [0.3, 0.4) is 0 Å². The Kier molecular flexibility index (Phi) is 3.05. The first-order chi connectivity index (χ1) is 9.57. The van der Waals surface area contributed by atoms with E-state index in [9.17, 15) is 0 Å². The number of rotatable bonds is 1. The molecule has 0 aliphatic heterocycles. The summed E-state index contributed by atoms with van der Waals surface area (Å²) in [7, 11) is 0. The number of benzene rings is 1. The van der Waals surface area contributed by atoms with Gasteiger partial charge in [0.15, 0.2) is 0 Å². The summed E-state index contributed by atoms with van der Waals surface area (Å²) in [5.74, 6) is 0.560. The minimum Gasteiger partial charge on any atom is -0.0984 e. The predicted molar refractivity (Wildman–Crippen MR) is 88.2 cm³/mol. The molecule has 102 valence electrons. The third kappa shape index (κ3) is 1.75. The molecule has 1 saturated carbocycles. The molecule has 0 amide bonds. The zero-order chi connectivity index (χ0) is 14.3. The molecule has 0 bridgehead atoms. The van der Waals surface area contributed by atoms with Crippen LogP contribution in [0.1, 0.15) is 38.3 Å². The molecule has 0 spiro atoms. The van der Waals surface area contributed by atoms with E-state index in [1.54, 1.807) is 0 Å². The number of hydrogen-bond donors (Lipinski definition) is 0. The zero-order valence-electron chi connectivity index (χ0n) is 12.6. The van der Waals surface area contributed by atoms with E-state index in [1.807, 2.05) is 0 Å². The van der Waals surface area contributed by atoms with Gasteiger partial charge in [-0.25, -0.2) is 0 Å². The van der Waals surface area contributed by atoms with E-state index in [0.717, 1.165) is 6.42 Å². The van der Waals surface area contributed by atoms with Gasteiger partial charge in [0.05, 0.1) is 0 Å². The largest absolute Gasteiger partial charge is 0.0984 e. The Balaban J connectivity index is 2.30. The second-order valence-corrected chi connectivity index (χ2v) is 6.15. The Morgan fingerprint density at radius 2 is 1.85 bits per heavy atom. The van der Waals surface area contributed by atoms with Crippen LogP contribution in [0.5, 0.6) is 0 Å². The van der Waals surface area contributed by atoms with Gasteiger partial charge in [0.25, 0.3) is 0 Å². The van der Waals surface area contributed by atoms with Crippen molar-refractivity contribution in [1.29, 1.82) is 0 Å². The monoisotopic (exact) mass is 262 g/mol. The maximum atomic E-state index is 4.41. The Bertz CT molecular complexity index is 654. The van der Waals surface area contributed by atoms with Gasteiger partial charge in [-0.05, 0) is 49.0 Å². The van der Waals surface area contributed by atoms with Crippen LogP contribution in [0, 0.1) is 11.3 Å². The first-order valence-corrected chi connectivity index (χ1v) is 7.41. The fourth-order valence-electron chi connectivity index (χ4n) is 3.60. The molecule has 0 radical (unpaired) electrons. The molecular weight excluding hydrogens is 240 g/mol. The van der Waals surface area contributed by atoms with Gasteiger partial charge in [0, 0.05) is 5.41 Å². The highest BCUT2D eigenvalue weighted by molar-refractivity contribution is 5.77. The van der Waals surface area contributed by atoms with Gasteiger partial charge < -0.3 is 0 Å². The van der Waals surface area contributed by atoms with E-state index >= 15 is 0 Å². The lowest BCUT2D eigenvalue weighted by Crippen LogP contribution is -2.18. The van der Waals surface area contributed by atoms with Crippen LogP contribution in [0.25, 0.3) is 12.2 Å². The molecule has 0 saturated heterocycles. The first-order valence-electron chi connectivity index (χ1n) is 7.41. The van der Waals surface area contributed by atoms with Gasteiger partial charge in [-0.15, -0.1) is 0 Å². The molecular formula is C20H22. The molecule has 0 aromatic heterocycles. The van der Waals surface area contributed by atoms with E-state index in [4.69, 9.17) is 0 Å². The molecule has 0 heteroatoms. The van der Waals surface area contributed by atoms with Gasteiger partial charge >= 0.3 is 0 Å². The third-order valence-corrected chi connectivity index (χ3v) is 4.97. The molecule has 0 nitrogen and oxygen atoms in total. The summed E-state index contributed by atoms with van der Waals surface area (Å²) in [6, 6.07) is 8.65. The molecule has 20 heavy (non-hydrogen) atoms. The topological polar surface area (TPSA) is 0 Å². The highest BCUT2D eigenvalue weighted by Crippen LogP contribution is 2.56. The summed E-state index contributed by atoms with van der Waals surface area (Å²) in [5, 5.41) is 0. The van der Waals surface area contributed by atoms with Crippen molar-refractivity contribution in [1.82, 2.24) is 0 Å². The summed E-state index contributed by atoms with van der Waals surface area (Å²) >= 11 is 0. The predicted octanol–water partition coefficient (Wildman–Crippen LogP) is 5.65. The van der Waals surface area contributed by atoms with Crippen LogP contribution in [0.4, 0.5) is 0 Å². The quantitative estimate of drug-likeness (QED) is 0.574. The molecule has 0 N–H and O–H groups in total. The van der Waals surface area contributed by atoms with Crippen LogP contribution in [0.15, 0.2) is 59.7 Å². The maximum absolute atomic E-state index is 4.41. The number of fused-ring (bicyclic) bond motifs is 2. The van der Waals surface area contributed by atoms with E-state index in [2.05, 4.69) is 75.9 Å². The van der Waals surface area contributed by atoms with Crippen LogP contribution >= 0.6 is 0 Å². The first kappa shape index (κ1) is 13.2. The highest BCUT2D eigenvalue weighted by atomic mass is 14.5. The summed E-state index contributed by atoms with van der Waals surface area (Å²) in [6.45, 7) is 11.1. The van der Waals surface area contributed by atoms with Crippen LogP contribution in [-0.2, 0) is 0 Å². The average molecular weight is 262 g/mol. The Hall–Kier alpha value is -1.82. The standard InChI is InChI=1S/C20H22/c1-5-8-18-12-16-9-6-7-10-17(16)13-19-11-14(2)15(3)20(18,19)4/h5-10,12-14H,3,11H2,1-2,4H3/b8-5-. The Morgan fingerprint density at radius 3 is 2.50 bits per heavy atom. The van der Waals surface area contributed by atoms with Gasteiger partial charge in [-0.3, -0.25) is 0 Å². The van der Waals surface area contributed by atoms with Crippen molar-refractivity contribution in [2.75, 3.05) is 0 Å². The summed E-state index contributed by atoms with van der Waals surface area (Å²) in [6.07, 6.45) is 10.2. The summed E-state index contributed by atoms with van der Waals surface area (Å²) in [5.41, 5.74) is 6.85. The molecule has 2 aliphatic rings. The second kappa shape index (κ2) is 4.63. The Labute approximate surface area is 122 Å². The van der Waals surface area contributed by atoms with Crippen molar-refractivity contribution in [2.24, 2.45) is 11.3 Å². The summed E-state index contributed by atoms with van der Waals surface area (Å²) in [4.78, 5) is 0. The summed E-state index contributed by atoms with van der Waals surface area (Å²) < 4.78 is 0. The van der Waals surface area contributed by atoms with Gasteiger partial charge in [0.2, 0.25) is 0 Å². The molecule has 1 fully saturated rings. The number of hydrogen-bond acceptors (Lipinski definition) is 0. The van der Waals surface area contributed by atoms with Crippen molar-refractivity contribution in [3.05, 3.63) is 70.8 Å². The molecule has 0 heterocycles. The normalized spacial score (nSPS) is 28.8. The van der Waals surface area contributed by atoms with Gasteiger partial charge in [-0.1, -0.05) is 67.1 Å². The second-order valence-electron chi connectivity index (χ2n) is 6.15. The van der Waals surface area contributed by atoms with E-state index in [0.29, 0.717) is 5.92 Å². The van der Waals surface area contributed by atoms with E-state index < -0.39 is 0 Å². The molecule has 2 aliphatic carbocycles. The SMILES string of the molecule is C=C1C(C)CC2=Cc3ccccc3C=C(/C=C\C)C12C. The maximum Gasteiger partial charge on any atom is 0.0346 e. The minimum absolute atomic E-state index is 0.00898. The van der Waals surface area contributed by atoms with Crippen LogP contribution in [-0.4, -0.2) is 0 Å². The van der Waals surface area contributed by atoms with Crippen molar-refractivity contribution >= 4 is 12.2 Å². The van der Waals surface area contributed by atoms with E-state index in [-0.39, 0.29) is 5.41 Å². The minimum atomic E-state index is -0.00898. The van der Waals surface area contributed by atoms with Crippen LogP contribution in [0.2, 0.25) is 0 Å². The smallest absolute Gasteiger partial charge is 0.0346 e. The molecule has 2 unspecified atom stereocenters. The van der Waals surface area contributed by atoms with Gasteiger partial charge in [0.1, 0.15) is 0 Å². The lowest BCUT2D eigenvalue weighted by Gasteiger charge is -2.29. The third-order valence-electron chi connectivity index (χ3n) is 4.97. The molecule has 1 aromatic rings. The van der Waals surface area contributed by atoms with Crippen molar-refractivity contribution in [3.63, 3.8) is 0 Å². The highest BCUT2D eigenvalue weighted by Gasteiger charge is 2.43. The van der Waals surface area contributed by atoms with E-state index in [1.165, 1.54) is 27.8 Å². The van der Waals surface area contributed by atoms with Crippen LogP contribution < -0.4 is 0 Å². The van der Waals surface area contributed by atoms with Crippen molar-refractivity contribution in [2.45, 2.75) is 27.2 Å². The number of allylic oxidation sites excluding steroid dienone is 5. The van der Waals surface area contributed by atoms with Crippen molar-refractivity contribution in [3.8, 4) is 0 Å². The molecule has 1 aromatic carbocycles. The lowest BCUT2D eigenvalue weighted by molar-refractivity contribution is 0.611.